The van der Waals surface area contributed by atoms with Crippen LogP contribution < -0.4 is 0 Å². The Morgan fingerprint density at radius 2 is 1.84 bits per heavy atom. The fourth-order valence-electron chi connectivity index (χ4n) is 12.4. The van der Waals surface area contributed by atoms with Gasteiger partial charge in [0.1, 0.15) is 18.0 Å². The van der Waals surface area contributed by atoms with Crippen molar-refractivity contribution < 1.29 is 42.5 Å². The number of hydrogen-bond acceptors (Lipinski definition) is 8. The number of carbonyl (C=O) groups is 3. The molecule has 0 radical (unpaired) electrons. The minimum absolute atomic E-state index is 0.0436. The molecule has 8 nitrogen and oxygen atoms in total. The van der Waals surface area contributed by atoms with Crippen LogP contribution >= 0.6 is 0 Å². The zero-order valence-electron chi connectivity index (χ0n) is 26.8. The standard InChI is InChI=1S/C35H43F2NO7/c1-17-11-21-22-14-24(36)23-13-20(39)7-8-31(23,5)34(22,37)26(40)16-32(21,6)35(17,28(41)43-10-9-38)45-29(42)44-25-12-19-15-33(19)27(18(25)2)30(33,3)4/h7-8,17-19,21-22,25-27,40H,10-16H2,1-6H3/t17-,18-,19+,21+,22+,25+,26+,27+,31+,32+,33?,34+,35+/m1/s1. The van der Waals surface area contributed by atoms with Crippen LogP contribution in [0.15, 0.2) is 23.6 Å². The summed E-state index contributed by atoms with van der Waals surface area (Å²) < 4.78 is 51.0. The molecule has 1 N–H and O–H groups in total. The van der Waals surface area contributed by atoms with E-state index in [0.717, 1.165) is 6.42 Å². The Labute approximate surface area is 262 Å². The molecule has 0 aromatic rings. The van der Waals surface area contributed by atoms with Crippen LogP contribution in [0.3, 0.4) is 0 Å². The molecule has 10 heteroatoms. The van der Waals surface area contributed by atoms with Gasteiger partial charge in [-0.1, -0.05) is 40.7 Å². The second-order valence-electron chi connectivity index (χ2n) is 16.2. The molecule has 0 aromatic carbocycles. The molecule has 1 spiro atoms. The first-order chi connectivity index (χ1) is 21.0. The highest BCUT2D eigenvalue weighted by Gasteiger charge is 2.86. The highest BCUT2D eigenvalue weighted by Crippen LogP contribution is 2.90. The minimum Gasteiger partial charge on any atom is -0.447 e. The lowest BCUT2D eigenvalue weighted by molar-refractivity contribution is -0.229. The molecule has 7 rings (SSSR count). The summed E-state index contributed by atoms with van der Waals surface area (Å²) in [4.78, 5) is 40.0. The average Bonchev–Trinajstić information content (AvgIpc) is 3.79. The molecule has 45 heavy (non-hydrogen) atoms. The predicted molar refractivity (Wildman–Crippen MR) is 155 cm³/mol. The number of allylic oxidation sites excluding steroid dienone is 4. The van der Waals surface area contributed by atoms with Crippen molar-refractivity contribution in [2.45, 2.75) is 104 Å². The average molecular weight is 628 g/mol. The summed E-state index contributed by atoms with van der Waals surface area (Å²) >= 11 is 0. The van der Waals surface area contributed by atoms with E-state index in [-0.39, 0.29) is 48.4 Å². The number of rotatable bonds is 4. The third kappa shape index (κ3) is 3.46. The van der Waals surface area contributed by atoms with E-state index < -0.39 is 76.6 Å². The Morgan fingerprint density at radius 3 is 2.53 bits per heavy atom. The van der Waals surface area contributed by atoms with Gasteiger partial charge in [0.15, 0.2) is 18.1 Å². The molecular weight excluding hydrogens is 584 g/mol. The lowest BCUT2D eigenvalue weighted by Gasteiger charge is -2.62. The molecule has 1 unspecified atom stereocenters. The molecule has 0 saturated heterocycles. The number of aliphatic hydroxyl groups is 1. The fraction of sp³-hybridized carbons (Fsp3) is 0.771. The Bertz CT molecular complexity index is 1500. The highest BCUT2D eigenvalue weighted by molar-refractivity contribution is 5.93. The normalized spacial score (nSPS) is 51.4. The molecule has 0 bridgehead atoms. The van der Waals surface area contributed by atoms with Gasteiger partial charge < -0.3 is 19.3 Å². The summed E-state index contributed by atoms with van der Waals surface area (Å²) in [6.07, 6.45) is 0.579. The zero-order chi connectivity index (χ0) is 32.7. The van der Waals surface area contributed by atoms with E-state index in [9.17, 15) is 24.8 Å². The number of nitriles is 1. The van der Waals surface area contributed by atoms with Crippen LogP contribution in [0.1, 0.15) is 80.1 Å². The molecule has 5 saturated carbocycles. The summed E-state index contributed by atoms with van der Waals surface area (Å²) in [5, 5.41) is 21.0. The van der Waals surface area contributed by atoms with E-state index in [1.54, 1.807) is 19.9 Å². The number of carbonyl (C=O) groups excluding carboxylic acids is 3. The maximum atomic E-state index is 17.7. The Morgan fingerprint density at radius 1 is 1.13 bits per heavy atom. The third-order valence-electron chi connectivity index (χ3n) is 14.5. The smallest absolute Gasteiger partial charge is 0.447 e. The number of halogens is 2. The Hall–Kier alpha value is -2.80. The van der Waals surface area contributed by atoms with E-state index in [0.29, 0.717) is 23.7 Å². The number of aliphatic hydroxyl groups excluding tert-OH is 1. The van der Waals surface area contributed by atoms with Crippen molar-refractivity contribution in [2.24, 2.45) is 57.2 Å². The van der Waals surface area contributed by atoms with Crippen LogP contribution in [-0.2, 0) is 23.8 Å². The molecule has 0 heterocycles. The summed E-state index contributed by atoms with van der Waals surface area (Å²) in [5.41, 5.74) is -6.77. The van der Waals surface area contributed by atoms with Crippen molar-refractivity contribution >= 4 is 17.9 Å². The van der Waals surface area contributed by atoms with Gasteiger partial charge in [0.25, 0.3) is 0 Å². The van der Waals surface area contributed by atoms with Gasteiger partial charge >= 0.3 is 12.1 Å². The number of ketones is 1. The maximum Gasteiger partial charge on any atom is 0.509 e. The number of nitrogens with zero attached hydrogens (tertiary/aromatic N) is 1. The molecule has 0 aliphatic heterocycles. The third-order valence-corrected chi connectivity index (χ3v) is 14.5. The molecule has 244 valence electrons. The van der Waals surface area contributed by atoms with Gasteiger partial charge in [-0.25, -0.2) is 18.4 Å². The summed E-state index contributed by atoms with van der Waals surface area (Å²) in [6, 6.07) is 1.78. The van der Waals surface area contributed by atoms with E-state index >= 15 is 8.78 Å². The molecule has 13 atom stereocenters. The fourth-order valence-corrected chi connectivity index (χ4v) is 12.4. The quantitative estimate of drug-likeness (QED) is 0.381. The highest BCUT2D eigenvalue weighted by atomic mass is 19.1. The van der Waals surface area contributed by atoms with Crippen molar-refractivity contribution in [3.63, 3.8) is 0 Å². The molecule has 7 aliphatic rings. The first-order valence-corrected chi connectivity index (χ1v) is 16.4. The molecule has 7 aliphatic carbocycles. The molecule has 0 aromatic heterocycles. The van der Waals surface area contributed by atoms with Gasteiger partial charge in [-0.05, 0) is 78.8 Å². The van der Waals surface area contributed by atoms with Crippen molar-refractivity contribution in [1.82, 2.24) is 0 Å². The van der Waals surface area contributed by atoms with Crippen molar-refractivity contribution in [3.8, 4) is 6.07 Å². The minimum atomic E-state index is -2.35. The molecular formula is C35H43F2NO7. The van der Waals surface area contributed by atoms with Crippen molar-refractivity contribution in [3.05, 3.63) is 23.6 Å². The maximum absolute atomic E-state index is 17.7. The molecule has 5 fully saturated rings. The van der Waals surface area contributed by atoms with Gasteiger partial charge in [-0.2, -0.15) is 5.26 Å². The van der Waals surface area contributed by atoms with E-state index in [1.807, 2.05) is 0 Å². The van der Waals surface area contributed by atoms with Crippen LogP contribution in [0, 0.1) is 68.5 Å². The van der Waals surface area contributed by atoms with E-state index in [4.69, 9.17) is 14.2 Å². The SMILES string of the molecule is C[C@@H]1[C@@H](OC(=O)O[C@]2(C(=O)OCC#N)[C@H](C)C[C@H]3[C@@H]4CC(F)=C5CC(=O)C=C[C@]5(C)[C@@]4(F)[C@@H](O)C[C@@]32C)C[C@H]2CC23[C@@H]1C3(C)C. The predicted octanol–water partition coefficient (Wildman–Crippen LogP) is 5.93. The zero-order valence-corrected chi connectivity index (χ0v) is 26.8. The molecule has 0 amide bonds. The van der Waals surface area contributed by atoms with Crippen molar-refractivity contribution in [2.75, 3.05) is 6.61 Å². The van der Waals surface area contributed by atoms with Crippen LogP contribution in [0.5, 0.6) is 0 Å². The number of esters is 1. The number of fused-ring (bicyclic) bond motifs is 5. The second kappa shape index (κ2) is 9.17. The largest absolute Gasteiger partial charge is 0.509 e. The van der Waals surface area contributed by atoms with Crippen molar-refractivity contribution in [1.29, 1.82) is 5.26 Å². The van der Waals surface area contributed by atoms with Crippen LogP contribution in [0.25, 0.3) is 0 Å². The topological polar surface area (TPSA) is 123 Å². The number of ether oxygens (including phenoxy) is 3. The van der Waals surface area contributed by atoms with Crippen LogP contribution in [0.4, 0.5) is 13.6 Å². The summed E-state index contributed by atoms with van der Waals surface area (Å²) in [5.74, 6) is -3.41. The van der Waals surface area contributed by atoms with Gasteiger partial charge in [-0.15, -0.1) is 0 Å². The van der Waals surface area contributed by atoms with Gasteiger partial charge in [0.05, 0.1) is 6.10 Å². The Balaban J connectivity index is 1.23. The summed E-state index contributed by atoms with van der Waals surface area (Å²) in [7, 11) is 0. The van der Waals surface area contributed by atoms with Gasteiger partial charge in [0, 0.05) is 35.5 Å². The first-order valence-electron chi connectivity index (χ1n) is 16.4. The van der Waals surface area contributed by atoms with Gasteiger partial charge in [0.2, 0.25) is 5.60 Å². The van der Waals surface area contributed by atoms with Crippen LogP contribution in [0.2, 0.25) is 0 Å². The van der Waals surface area contributed by atoms with E-state index in [1.165, 1.54) is 19.1 Å². The second-order valence-corrected chi connectivity index (χ2v) is 16.2. The number of alkyl halides is 1. The first kappa shape index (κ1) is 30.8. The van der Waals surface area contributed by atoms with E-state index in [2.05, 4.69) is 20.8 Å². The number of hydrogen-bond donors (Lipinski definition) is 1. The lowest BCUT2D eigenvalue weighted by Crippen LogP contribution is -2.70. The summed E-state index contributed by atoms with van der Waals surface area (Å²) in [6.45, 7) is 10.9. The monoisotopic (exact) mass is 627 g/mol. The van der Waals surface area contributed by atoms with Gasteiger partial charge in [-0.3, -0.25) is 4.79 Å². The van der Waals surface area contributed by atoms with Crippen LogP contribution in [-0.4, -0.2) is 53.1 Å². The lowest BCUT2D eigenvalue weighted by atomic mass is 9.45. The Kier molecular flexibility index (Phi) is 6.28.